The van der Waals surface area contributed by atoms with Gasteiger partial charge in [-0.15, -0.1) is 0 Å². The molecule has 2 aromatic rings. The summed E-state index contributed by atoms with van der Waals surface area (Å²) in [6, 6.07) is 7.93. The molecule has 0 spiro atoms. The minimum atomic E-state index is 0. The van der Waals surface area contributed by atoms with Crippen LogP contribution in [0.4, 0.5) is 0 Å². The quantitative estimate of drug-likeness (QED) is 0.736. The molecule has 0 aliphatic rings. The SMILES string of the molecule is [CH3-].[Y].c1cc(-c2ccncc2)ccn1. The summed E-state index contributed by atoms with van der Waals surface area (Å²) in [6.07, 6.45) is 7.15. The second-order valence-corrected chi connectivity index (χ2v) is 2.47. The molecule has 69 valence electrons. The number of rotatable bonds is 1. The molecule has 14 heavy (non-hydrogen) atoms. The molecule has 0 fully saturated rings. The maximum absolute atomic E-state index is 3.96. The molecule has 0 saturated carbocycles. The van der Waals surface area contributed by atoms with Crippen LogP contribution in [-0.2, 0) is 32.7 Å². The number of hydrogen-bond acceptors (Lipinski definition) is 2. The van der Waals surface area contributed by atoms with Crippen LogP contribution in [0.1, 0.15) is 0 Å². The summed E-state index contributed by atoms with van der Waals surface area (Å²) in [5, 5.41) is 0. The average Bonchev–Trinajstić information content (AvgIpc) is 2.21. The van der Waals surface area contributed by atoms with Gasteiger partial charge in [0.05, 0.1) is 0 Å². The summed E-state index contributed by atoms with van der Waals surface area (Å²) in [5.41, 5.74) is 2.35. The van der Waals surface area contributed by atoms with Gasteiger partial charge in [-0.1, -0.05) is 0 Å². The van der Waals surface area contributed by atoms with E-state index in [-0.39, 0.29) is 40.1 Å². The first-order chi connectivity index (χ1) is 5.97. The standard InChI is InChI=1S/C10H8N2.CH3.Y/c1-5-11-6-2-9(1)10-3-7-12-8-4-10;;/h1-8H;1H3;/q;-1;. The predicted molar refractivity (Wildman–Crippen MR) is 53.9 cm³/mol. The molecule has 2 heterocycles. The Balaban J connectivity index is 0.000000845. The van der Waals surface area contributed by atoms with Crippen LogP contribution in [0, 0.1) is 7.43 Å². The number of hydrogen-bond donors (Lipinski definition) is 0. The van der Waals surface area contributed by atoms with Crippen LogP contribution in [0.5, 0.6) is 0 Å². The van der Waals surface area contributed by atoms with Gasteiger partial charge in [-0.2, -0.15) is 0 Å². The minimum absolute atomic E-state index is 0. The normalized spacial score (nSPS) is 8.29. The fourth-order valence-electron chi connectivity index (χ4n) is 1.09. The summed E-state index contributed by atoms with van der Waals surface area (Å²) in [6.45, 7) is 0. The van der Waals surface area contributed by atoms with E-state index in [4.69, 9.17) is 0 Å². The molecule has 2 aromatic heterocycles. The van der Waals surface area contributed by atoms with Crippen molar-refractivity contribution in [1.29, 1.82) is 0 Å². The summed E-state index contributed by atoms with van der Waals surface area (Å²) < 4.78 is 0. The van der Waals surface area contributed by atoms with E-state index < -0.39 is 0 Å². The van der Waals surface area contributed by atoms with Gasteiger partial charge in [0.15, 0.2) is 0 Å². The van der Waals surface area contributed by atoms with Crippen molar-refractivity contribution in [3.05, 3.63) is 56.5 Å². The van der Waals surface area contributed by atoms with E-state index in [1.165, 1.54) is 11.1 Å². The van der Waals surface area contributed by atoms with Crippen molar-refractivity contribution in [2.24, 2.45) is 0 Å². The van der Waals surface area contributed by atoms with Crippen molar-refractivity contribution in [2.45, 2.75) is 0 Å². The fraction of sp³-hybridized carbons (Fsp3) is 0. The first-order valence-corrected chi connectivity index (χ1v) is 3.77. The first kappa shape index (κ1) is 13.4. The van der Waals surface area contributed by atoms with Crippen molar-refractivity contribution in [3.8, 4) is 11.1 Å². The van der Waals surface area contributed by atoms with Crippen molar-refractivity contribution >= 4 is 0 Å². The Labute approximate surface area is 110 Å². The Morgan fingerprint density at radius 3 is 1.21 bits per heavy atom. The fourth-order valence-corrected chi connectivity index (χ4v) is 1.09. The van der Waals surface area contributed by atoms with Gasteiger partial charge in [-0.3, -0.25) is 9.97 Å². The molecule has 0 aliphatic carbocycles. The van der Waals surface area contributed by atoms with Gasteiger partial charge in [0.2, 0.25) is 0 Å². The van der Waals surface area contributed by atoms with Gasteiger partial charge in [-0.25, -0.2) is 0 Å². The van der Waals surface area contributed by atoms with E-state index in [2.05, 4.69) is 9.97 Å². The van der Waals surface area contributed by atoms with E-state index in [0.717, 1.165) is 0 Å². The summed E-state index contributed by atoms with van der Waals surface area (Å²) in [4.78, 5) is 7.91. The van der Waals surface area contributed by atoms with E-state index in [1.807, 2.05) is 24.3 Å². The van der Waals surface area contributed by atoms with Crippen molar-refractivity contribution in [3.63, 3.8) is 0 Å². The van der Waals surface area contributed by atoms with Gasteiger partial charge >= 0.3 is 0 Å². The van der Waals surface area contributed by atoms with Crippen LogP contribution >= 0.6 is 0 Å². The van der Waals surface area contributed by atoms with Gasteiger partial charge in [0, 0.05) is 57.5 Å². The average molecular weight is 260 g/mol. The second kappa shape index (κ2) is 6.80. The largest absolute Gasteiger partial charge is 0.358 e. The Morgan fingerprint density at radius 2 is 0.929 bits per heavy atom. The van der Waals surface area contributed by atoms with Crippen LogP contribution in [0.15, 0.2) is 49.1 Å². The third kappa shape index (κ3) is 3.28. The molecule has 0 aliphatic heterocycles. The number of pyridine rings is 2. The molecule has 0 N–H and O–H groups in total. The van der Waals surface area contributed by atoms with E-state index in [9.17, 15) is 0 Å². The Morgan fingerprint density at radius 1 is 0.643 bits per heavy atom. The Bertz CT molecular complexity index is 311. The predicted octanol–water partition coefficient (Wildman–Crippen LogP) is 2.59. The molecular weight excluding hydrogens is 249 g/mol. The third-order valence-corrected chi connectivity index (χ3v) is 1.69. The minimum Gasteiger partial charge on any atom is -0.358 e. The Kier molecular flexibility index (Phi) is 6.51. The zero-order valence-electron chi connectivity index (χ0n) is 8.09. The molecular formula is C11H11N2Y-. The molecule has 0 bridgehead atoms. The van der Waals surface area contributed by atoms with Gasteiger partial charge in [-0.05, 0) is 35.4 Å². The topological polar surface area (TPSA) is 25.8 Å². The molecule has 2 rings (SSSR count). The van der Waals surface area contributed by atoms with Gasteiger partial charge in [0.1, 0.15) is 0 Å². The first-order valence-electron chi connectivity index (χ1n) is 3.77. The van der Waals surface area contributed by atoms with Crippen LogP contribution in [0.3, 0.4) is 0 Å². The number of nitrogens with zero attached hydrogens (tertiary/aromatic N) is 2. The molecule has 0 amide bonds. The maximum atomic E-state index is 3.96. The summed E-state index contributed by atoms with van der Waals surface area (Å²) in [7, 11) is 0. The zero-order valence-corrected chi connectivity index (χ0v) is 10.9. The van der Waals surface area contributed by atoms with Crippen molar-refractivity contribution in [1.82, 2.24) is 9.97 Å². The van der Waals surface area contributed by atoms with Crippen molar-refractivity contribution in [2.75, 3.05) is 0 Å². The van der Waals surface area contributed by atoms with E-state index in [0.29, 0.717) is 0 Å². The molecule has 0 atom stereocenters. The molecule has 0 unspecified atom stereocenters. The molecule has 1 radical (unpaired) electrons. The van der Waals surface area contributed by atoms with E-state index in [1.54, 1.807) is 24.8 Å². The maximum Gasteiger partial charge on any atom is 0.0273 e. The summed E-state index contributed by atoms with van der Waals surface area (Å²) >= 11 is 0. The molecule has 0 aromatic carbocycles. The van der Waals surface area contributed by atoms with Crippen LogP contribution in [-0.4, -0.2) is 9.97 Å². The Hall–Kier alpha value is -0.596. The summed E-state index contributed by atoms with van der Waals surface area (Å²) in [5.74, 6) is 0. The van der Waals surface area contributed by atoms with Crippen LogP contribution in [0.2, 0.25) is 0 Å². The smallest absolute Gasteiger partial charge is 0.0273 e. The van der Waals surface area contributed by atoms with E-state index >= 15 is 0 Å². The van der Waals surface area contributed by atoms with Crippen LogP contribution < -0.4 is 0 Å². The van der Waals surface area contributed by atoms with Crippen molar-refractivity contribution < 1.29 is 32.7 Å². The van der Waals surface area contributed by atoms with Gasteiger partial charge < -0.3 is 7.43 Å². The molecule has 3 heteroatoms. The number of aromatic nitrogens is 2. The molecule has 2 nitrogen and oxygen atoms in total. The second-order valence-electron chi connectivity index (χ2n) is 2.47. The van der Waals surface area contributed by atoms with Gasteiger partial charge in [0.25, 0.3) is 0 Å². The monoisotopic (exact) mass is 260 g/mol. The molecule has 0 saturated heterocycles. The van der Waals surface area contributed by atoms with Crippen LogP contribution in [0.25, 0.3) is 11.1 Å². The zero-order chi connectivity index (χ0) is 8.23. The third-order valence-electron chi connectivity index (χ3n) is 1.69.